The van der Waals surface area contributed by atoms with Crippen molar-refractivity contribution in [1.82, 2.24) is 10.3 Å². The van der Waals surface area contributed by atoms with Gasteiger partial charge in [-0.15, -0.1) is 0 Å². The van der Waals surface area contributed by atoms with Crippen LogP contribution in [0.4, 0.5) is 5.82 Å². The van der Waals surface area contributed by atoms with Crippen LogP contribution in [0.15, 0.2) is 36.5 Å². The van der Waals surface area contributed by atoms with Crippen LogP contribution in [0.1, 0.15) is 47.1 Å². The lowest BCUT2D eigenvalue weighted by atomic mass is 9.76. The standard InChI is InChI=1S/C18H23N3/c1-12-10-16(18(19)21-11-12)17(20-2)15-9-5-7-13-6-3-4-8-14(13)15/h3-4,6,8,10-11,15,17,20H,5,7,9H2,1-2H3,(H2,19,21). The number of anilines is 1. The minimum absolute atomic E-state index is 0.221. The van der Waals surface area contributed by atoms with E-state index in [0.29, 0.717) is 11.7 Å². The largest absolute Gasteiger partial charge is 0.383 e. The molecule has 1 heterocycles. The molecule has 3 N–H and O–H groups in total. The number of aromatic nitrogens is 1. The quantitative estimate of drug-likeness (QED) is 0.907. The first-order valence-electron chi connectivity index (χ1n) is 7.68. The molecule has 0 saturated carbocycles. The molecule has 3 heteroatoms. The summed E-state index contributed by atoms with van der Waals surface area (Å²) in [6.07, 6.45) is 5.44. The molecular formula is C18H23N3. The lowest BCUT2D eigenvalue weighted by Crippen LogP contribution is -2.27. The van der Waals surface area contributed by atoms with Crippen LogP contribution in [0.3, 0.4) is 0 Å². The molecule has 2 atom stereocenters. The average Bonchev–Trinajstić information content (AvgIpc) is 2.51. The number of fused-ring (bicyclic) bond motifs is 1. The third-order valence-corrected chi connectivity index (χ3v) is 4.55. The second-order valence-corrected chi connectivity index (χ2v) is 5.95. The average molecular weight is 281 g/mol. The summed E-state index contributed by atoms with van der Waals surface area (Å²) in [6.45, 7) is 2.07. The Morgan fingerprint density at radius 2 is 2.14 bits per heavy atom. The molecule has 1 aliphatic carbocycles. The van der Waals surface area contributed by atoms with Gasteiger partial charge in [-0.2, -0.15) is 0 Å². The van der Waals surface area contributed by atoms with E-state index in [1.54, 1.807) is 0 Å². The maximum atomic E-state index is 6.14. The van der Waals surface area contributed by atoms with E-state index in [1.807, 2.05) is 13.2 Å². The third kappa shape index (κ3) is 2.66. The van der Waals surface area contributed by atoms with Gasteiger partial charge in [-0.3, -0.25) is 0 Å². The number of likely N-dealkylation sites (N-methyl/N-ethyl adjacent to an activating group) is 1. The summed E-state index contributed by atoms with van der Waals surface area (Å²) in [4.78, 5) is 4.34. The predicted molar refractivity (Wildman–Crippen MR) is 87.3 cm³/mol. The van der Waals surface area contributed by atoms with Crippen molar-refractivity contribution < 1.29 is 0 Å². The Morgan fingerprint density at radius 1 is 1.33 bits per heavy atom. The molecule has 2 unspecified atom stereocenters. The molecule has 21 heavy (non-hydrogen) atoms. The number of rotatable bonds is 3. The van der Waals surface area contributed by atoms with Gasteiger partial charge in [0.2, 0.25) is 0 Å². The summed E-state index contributed by atoms with van der Waals surface area (Å²) in [7, 11) is 2.02. The van der Waals surface area contributed by atoms with Crippen LogP contribution < -0.4 is 11.1 Å². The fourth-order valence-corrected chi connectivity index (χ4v) is 3.56. The van der Waals surface area contributed by atoms with Gasteiger partial charge in [-0.25, -0.2) is 4.98 Å². The van der Waals surface area contributed by atoms with Gasteiger partial charge in [-0.05, 0) is 56.0 Å². The minimum Gasteiger partial charge on any atom is -0.383 e. The number of nitrogen functional groups attached to an aromatic ring is 1. The second kappa shape index (κ2) is 5.86. The molecule has 1 aromatic carbocycles. The molecule has 0 bridgehead atoms. The summed E-state index contributed by atoms with van der Waals surface area (Å²) < 4.78 is 0. The molecule has 0 fully saturated rings. The van der Waals surface area contributed by atoms with Crippen molar-refractivity contribution in [2.75, 3.05) is 12.8 Å². The van der Waals surface area contributed by atoms with Crippen molar-refractivity contribution in [3.8, 4) is 0 Å². The molecule has 110 valence electrons. The third-order valence-electron chi connectivity index (χ3n) is 4.55. The molecule has 3 rings (SSSR count). The SMILES string of the molecule is CNC(c1cc(C)cnc1N)C1CCCc2ccccc21. The second-order valence-electron chi connectivity index (χ2n) is 5.95. The van der Waals surface area contributed by atoms with Crippen molar-refractivity contribution in [2.24, 2.45) is 0 Å². The highest BCUT2D eigenvalue weighted by atomic mass is 14.9. The molecule has 1 aromatic heterocycles. The maximum absolute atomic E-state index is 6.14. The van der Waals surface area contributed by atoms with Gasteiger partial charge in [-0.1, -0.05) is 24.3 Å². The first-order chi connectivity index (χ1) is 10.2. The van der Waals surface area contributed by atoms with Gasteiger partial charge >= 0.3 is 0 Å². The number of nitrogens with zero attached hydrogens (tertiary/aromatic N) is 1. The molecule has 0 amide bonds. The van der Waals surface area contributed by atoms with E-state index in [4.69, 9.17) is 5.73 Å². The predicted octanol–water partition coefficient (Wildman–Crippen LogP) is 3.35. The maximum Gasteiger partial charge on any atom is 0.128 e. The zero-order valence-electron chi connectivity index (χ0n) is 12.8. The summed E-state index contributed by atoms with van der Waals surface area (Å²) in [5.41, 5.74) is 11.4. The van der Waals surface area contributed by atoms with E-state index >= 15 is 0 Å². The Labute approximate surface area is 126 Å². The van der Waals surface area contributed by atoms with E-state index in [9.17, 15) is 0 Å². The van der Waals surface area contributed by atoms with Crippen LogP contribution in [0.2, 0.25) is 0 Å². The molecule has 1 aliphatic rings. The van der Waals surface area contributed by atoms with Crippen LogP contribution in [0.25, 0.3) is 0 Å². The molecule has 0 radical (unpaired) electrons. The monoisotopic (exact) mass is 281 g/mol. The van der Waals surface area contributed by atoms with Crippen molar-refractivity contribution in [1.29, 1.82) is 0 Å². The van der Waals surface area contributed by atoms with Gasteiger partial charge in [0.25, 0.3) is 0 Å². The Kier molecular flexibility index (Phi) is 3.93. The van der Waals surface area contributed by atoms with Gasteiger partial charge in [0, 0.05) is 23.7 Å². The highest BCUT2D eigenvalue weighted by molar-refractivity contribution is 5.46. The van der Waals surface area contributed by atoms with Crippen LogP contribution in [0.5, 0.6) is 0 Å². The lowest BCUT2D eigenvalue weighted by Gasteiger charge is -2.33. The van der Waals surface area contributed by atoms with Crippen LogP contribution in [0, 0.1) is 6.92 Å². The highest BCUT2D eigenvalue weighted by Gasteiger charge is 2.29. The van der Waals surface area contributed by atoms with E-state index in [0.717, 1.165) is 11.1 Å². The van der Waals surface area contributed by atoms with Crippen LogP contribution in [-0.4, -0.2) is 12.0 Å². The summed E-state index contributed by atoms with van der Waals surface area (Å²) >= 11 is 0. The molecule has 2 aromatic rings. The van der Waals surface area contributed by atoms with Crippen molar-refractivity contribution in [2.45, 2.75) is 38.1 Å². The first-order valence-corrected chi connectivity index (χ1v) is 7.68. The number of pyridine rings is 1. The first kappa shape index (κ1) is 14.1. The topological polar surface area (TPSA) is 50.9 Å². The van der Waals surface area contributed by atoms with Crippen molar-refractivity contribution >= 4 is 5.82 Å². The molecule has 0 spiro atoms. The normalized spacial score (nSPS) is 19.0. The van der Waals surface area contributed by atoms with Crippen LogP contribution in [-0.2, 0) is 6.42 Å². The number of hydrogen-bond acceptors (Lipinski definition) is 3. The van der Waals surface area contributed by atoms with Crippen LogP contribution >= 0.6 is 0 Å². The minimum atomic E-state index is 0.221. The molecular weight excluding hydrogens is 258 g/mol. The highest BCUT2D eigenvalue weighted by Crippen LogP contribution is 2.41. The number of benzene rings is 1. The van der Waals surface area contributed by atoms with Crippen molar-refractivity contribution in [3.05, 3.63) is 58.8 Å². The molecule has 0 saturated heterocycles. The summed E-state index contributed by atoms with van der Waals surface area (Å²) in [5, 5.41) is 3.48. The number of nitrogens with one attached hydrogen (secondary N) is 1. The Balaban J connectivity index is 2.03. The lowest BCUT2D eigenvalue weighted by molar-refractivity contribution is 0.425. The zero-order chi connectivity index (χ0) is 14.8. The Hall–Kier alpha value is -1.87. The van der Waals surface area contributed by atoms with E-state index in [1.165, 1.54) is 30.4 Å². The van der Waals surface area contributed by atoms with E-state index in [-0.39, 0.29) is 6.04 Å². The van der Waals surface area contributed by atoms with Gasteiger partial charge in [0.05, 0.1) is 0 Å². The van der Waals surface area contributed by atoms with E-state index < -0.39 is 0 Å². The fraction of sp³-hybridized carbons (Fsp3) is 0.389. The van der Waals surface area contributed by atoms with Crippen molar-refractivity contribution in [3.63, 3.8) is 0 Å². The number of hydrogen-bond donors (Lipinski definition) is 2. The Morgan fingerprint density at radius 3 is 2.95 bits per heavy atom. The smallest absolute Gasteiger partial charge is 0.128 e. The van der Waals surface area contributed by atoms with E-state index in [2.05, 4.69) is 47.6 Å². The summed E-state index contributed by atoms with van der Waals surface area (Å²) in [6, 6.07) is 11.2. The van der Waals surface area contributed by atoms with Gasteiger partial charge in [0.15, 0.2) is 0 Å². The Bertz CT molecular complexity index is 636. The zero-order valence-corrected chi connectivity index (χ0v) is 12.8. The van der Waals surface area contributed by atoms with Gasteiger partial charge < -0.3 is 11.1 Å². The molecule has 0 aliphatic heterocycles. The number of nitrogens with two attached hydrogens (primary N) is 1. The van der Waals surface area contributed by atoms with Gasteiger partial charge in [0.1, 0.15) is 5.82 Å². The molecule has 3 nitrogen and oxygen atoms in total. The fourth-order valence-electron chi connectivity index (χ4n) is 3.56. The summed E-state index contributed by atoms with van der Waals surface area (Å²) in [5.74, 6) is 1.11. The number of aryl methyl sites for hydroxylation is 2.